The number of halogens is 1. The molecule has 1 aliphatic rings. The molecule has 11 heteroatoms. The molecule has 0 bridgehead atoms. The molecule has 2 amide bonds. The van der Waals surface area contributed by atoms with Crippen LogP contribution < -0.4 is 24.8 Å². The minimum Gasteiger partial charge on any atom is -0.493 e. The van der Waals surface area contributed by atoms with E-state index in [2.05, 4.69) is 20.6 Å². The van der Waals surface area contributed by atoms with Gasteiger partial charge in [0, 0.05) is 43.2 Å². The van der Waals surface area contributed by atoms with Crippen LogP contribution in [0.5, 0.6) is 22.6 Å². The lowest BCUT2D eigenvalue weighted by Crippen LogP contribution is -2.31. The van der Waals surface area contributed by atoms with Gasteiger partial charge in [-0.2, -0.15) is 0 Å². The lowest BCUT2D eigenvalue weighted by atomic mass is 10.2. The topological polar surface area (TPSA) is 112 Å². The first-order valence-corrected chi connectivity index (χ1v) is 12.9. The standard InChI is InChI=1S/C26H27ClN4O5S/c1-16(31-25(33)18-9-10-29-24(11-18)35-15-23(32)28-2)3-7-20-13-30-26(37-20)36-22-8-6-19(12-21(22)27)34-14-17-4-5-17/h3,6-13,16-17H,4-5,14-15H2,1-2H3,(H,28,32)(H,31,33)/t16-/m0/s1. The summed E-state index contributed by atoms with van der Waals surface area (Å²) in [7, 11) is 1.51. The number of carbonyl (C=O) groups is 2. The molecule has 1 aliphatic carbocycles. The number of pyridine rings is 1. The third-order valence-corrected chi connectivity index (χ3v) is 6.46. The second-order valence-electron chi connectivity index (χ2n) is 8.44. The average molecular weight is 543 g/mol. The van der Waals surface area contributed by atoms with Crippen LogP contribution in [0.3, 0.4) is 0 Å². The molecule has 9 nitrogen and oxygen atoms in total. The van der Waals surface area contributed by atoms with Crippen molar-refractivity contribution in [1.82, 2.24) is 20.6 Å². The van der Waals surface area contributed by atoms with E-state index in [0.29, 0.717) is 34.1 Å². The fraction of sp³-hybridized carbons (Fsp3) is 0.308. The minimum absolute atomic E-state index is 0.180. The summed E-state index contributed by atoms with van der Waals surface area (Å²) in [6.45, 7) is 2.39. The summed E-state index contributed by atoms with van der Waals surface area (Å²) in [5.74, 6) is 1.50. The van der Waals surface area contributed by atoms with E-state index in [9.17, 15) is 9.59 Å². The molecular weight excluding hydrogens is 516 g/mol. The molecule has 1 saturated carbocycles. The molecule has 4 rings (SSSR count). The van der Waals surface area contributed by atoms with Gasteiger partial charge < -0.3 is 24.8 Å². The maximum absolute atomic E-state index is 12.6. The van der Waals surface area contributed by atoms with Gasteiger partial charge in [0.25, 0.3) is 17.0 Å². The first-order valence-electron chi connectivity index (χ1n) is 11.7. The van der Waals surface area contributed by atoms with Crippen LogP contribution in [0, 0.1) is 5.92 Å². The van der Waals surface area contributed by atoms with E-state index in [0.717, 1.165) is 10.6 Å². The number of nitrogens with zero attached hydrogens (tertiary/aromatic N) is 2. The molecule has 0 spiro atoms. The fourth-order valence-corrected chi connectivity index (χ4v) is 3.96. The van der Waals surface area contributed by atoms with Gasteiger partial charge in [0.05, 0.1) is 16.5 Å². The first-order chi connectivity index (χ1) is 17.9. The van der Waals surface area contributed by atoms with Crippen LogP contribution in [-0.4, -0.2) is 48.1 Å². The van der Waals surface area contributed by atoms with Crippen molar-refractivity contribution in [2.45, 2.75) is 25.8 Å². The number of hydrogen-bond acceptors (Lipinski definition) is 8. The van der Waals surface area contributed by atoms with E-state index in [1.165, 1.54) is 43.5 Å². The Morgan fingerprint density at radius 1 is 1.22 bits per heavy atom. The van der Waals surface area contributed by atoms with Crippen LogP contribution in [0.25, 0.3) is 6.08 Å². The van der Waals surface area contributed by atoms with Crippen LogP contribution in [0.1, 0.15) is 35.0 Å². The van der Waals surface area contributed by atoms with Gasteiger partial charge in [0.15, 0.2) is 6.61 Å². The van der Waals surface area contributed by atoms with Crippen molar-refractivity contribution in [3.63, 3.8) is 0 Å². The number of carbonyl (C=O) groups excluding carboxylic acids is 2. The molecule has 0 aliphatic heterocycles. The highest BCUT2D eigenvalue weighted by molar-refractivity contribution is 7.14. The van der Waals surface area contributed by atoms with Crippen molar-refractivity contribution >= 4 is 40.8 Å². The quantitative estimate of drug-likeness (QED) is 0.340. The molecule has 37 heavy (non-hydrogen) atoms. The van der Waals surface area contributed by atoms with E-state index in [1.807, 2.05) is 25.1 Å². The summed E-state index contributed by atoms with van der Waals surface area (Å²) in [5, 5.41) is 6.24. The van der Waals surface area contributed by atoms with Crippen LogP contribution in [0.4, 0.5) is 0 Å². The van der Waals surface area contributed by atoms with Gasteiger partial charge in [-0.1, -0.05) is 29.0 Å². The van der Waals surface area contributed by atoms with E-state index >= 15 is 0 Å². The summed E-state index contributed by atoms with van der Waals surface area (Å²) < 4.78 is 16.9. The Labute approximate surface area is 223 Å². The summed E-state index contributed by atoms with van der Waals surface area (Å²) in [4.78, 5) is 33.1. The zero-order valence-corrected chi connectivity index (χ0v) is 22.0. The van der Waals surface area contributed by atoms with E-state index in [4.69, 9.17) is 25.8 Å². The van der Waals surface area contributed by atoms with Crippen molar-refractivity contribution in [3.8, 4) is 22.6 Å². The Hall–Kier alpha value is -3.63. The Kier molecular flexibility index (Phi) is 8.97. The highest BCUT2D eigenvalue weighted by atomic mass is 35.5. The minimum atomic E-state index is -0.295. The summed E-state index contributed by atoms with van der Waals surface area (Å²) in [6, 6.07) is 8.15. The maximum atomic E-state index is 12.6. The largest absolute Gasteiger partial charge is 0.493 e. The monoisotopic (exact) mass is 542 g/mol. The molecule has 2 aromatic heterocycles. The van der Waals surface area contributed by atoms with Crippen molar-refractivity contribution in [1.29, 1.82) is 0 Å². The molecular formula is C26H27ClN4O5S. The summed E-state index contributed by atoms with van der Waals surface area (Å²) in [5.41, 5.74) is 0.372. The number of amides is 2. The average Bonchev–Trinajstić information content (AvgIpc) is 3.63. The molecule has 2 N–H and O–H groups in total. The van der Waals surface area contributed by atoms with E-state index in [1.54, 1.807) is 24.4 Å². The Bertz CT molecular complexity index is 1280. The molecule has 2 heterocycles. The van der Waals surface area contributed by atoms with Crippen molar-refractivity contribution < 1.29 is 23.8 Å². The van der Waals surface area contributed by atoms with Gasteiger partial charge in [-0.05, 0) is 50.0 Å². The molecule has 0 unspecified atom stereocenters. The lowest BCUT2D eigenvalue weighted by molar-refractivity contribution is -0.122. The Balaban J connectivity index is 1.28. The smallest absolute Gasteiger partial charge is 0.279 e. The number of hydrogen-bond donors (Lipinski definition) is 2. The molecule has 1 atom stereocenters. The van der Waals surface area contributed by atoms with Crippen LogP contribution in [-0.2, 0) is 4.79 Å². The zero-order valence-electron chi connectivity index (χ0n) is 20.4. The van der Waals surface area contributed by atoms with Crippen LogP contribution in [0.2, 0.25) is 5.02 Å². The van der Waals surface area contributed by atoms with Gasteiger partial charge in [-0.15, -0.1) is 0 Å². The number of ether oxygens (including phenoxy) is 3. The second-order valence-corrected chi connectivity index (χ2v) is 9.88. The summed E-state index contributed by atoms with van der Waals surface area (Å²) >= 11 is 7.71. The van der Waals surface area contributed by atoms with Gasteiger partial charge >= 0.3 is 0 Å². The first kappa shape index (κ1) is 26.4. The Morgan fingerprint density at radius 2 is 2.05 bits per heavy atom. The molecule has 3 aromatic rings. The molecule has 1 aromatic carbocycles. The number of nitrogens with one attached hydrogen (secondary N) is 2. The van der Waals surface area contributed by atoms with Gasteiger partial charge in [0.1, 0.15) is 11.5 Å². The number of thiazole rings is 1. The highest BCUT2D eigenvalue weighted by Gasteiger charge is 2.22. The van der Waals surface area contributed by atoms with Crippen LogP contribution >= 0.6 is 22.9 Å². The predicted molar refractivity (Wildman–Crippen MR) is 142 cm³/mol. The molecule has 0 saturated heterocycles. The van der Waals surface area contributed by atoms with E-state index < -0.39 is 0 Å². The van der Waals surface area contributed by atoms with Crippen molar-refractivity contribution in [3.05, 3.63) is 64.3 Å². The highest BCUT2D eigenvalue weighted by Crippen LogP contribution is 2.35. The number of rotatable bonds is 12. The third-order valence-electron chi connectivity index (χ3n) is 5.32. The van der Waals surface area contributed by atoms with Gasteiger partial charge in [-0.3, -0.25) is 9.59 Å². The van der Waals surface area contributed by atoms with E-state index in [-0.39, 0.29) is 30.3 Å². The van der Waals surface area contributed by atoms with Crippen LogP contribution in [0.15, 0.2) is 48.8 Å². The third kappa shape index (κ3) is 8.19. The lowest BCUT2D eigenvalue weighted by Gasteiger charge is -2.10. The predicted octanol–water partition coefficient (Wildman–Crippen LogP) is 4.73. The number of benzene rings is 1. The zero-order chi connectivity index (χ0) is 26.2. The fourth-order valence-electron chi connectivity index (χ4n) is 3.06. The normalized spacial score (nSPS) is 13.7. The molecule has 0 radical (unpaired) electrons. The Morgan fingerprint density at radius 3 is 2.81 bits per heavy atom. The van der Waals surface area contributed by atoms with Crippen molar-refractivity contribution in [2.75, 3.05) is 20.3 Å². The second kappa shape index (κ2) is 12.6. The maximum Gasteiger partial charge on any atom is 0.279 e. The SMILES string of the molecule is CNC(=O)COc1cc(C(=O)N[C@@H](C)C=Cc2cnc(Oc3ccc(OCC4CC4)cc3Cl)s2)ccn1. The number of likely N-dealkylation sites (N-methyl/N-ethyl adjacent to an activating group) is 1. The van der Waals surface area contributed by atoms with Gasteiger partial charge in [0.2, 0.25) is 5.88 Å². The van der Waals surface area contributed by atoms with Gasteiger partial charge in [-0.25, -0.2) is 9.97 Å². The molecule has 1 fully saturated rings. The van der Waals surface area contributed by atoms with Crippen molar-refractivity contribution in [2.24, 2.45) is 5.92 Å². The number of aromatic nitrogens is 2. The summed E-state index contributed by atoms with van der Waals surface area (Å²) in [6.07, 6.45) is 9.29. The molecule has 194 valence electrons.